The Kier molecular flexibility index (Phi) is 8.12. The van der Waals surface area contributed by atoms with Gasteiger partial charge in [0.15, 0.2) is 0 Å². The average Bonchev–Trinajstić information content (AvgIpc) is 2.81. The van der Waals surface area contributed by atoms with E-state index in [9.17, 15) is 18.3 Å². The molecule has 0 aliphatic carbocycles. The SMILES string of the molecule is C/C=C/c1cnc2c(c1)C(=O)N([C@@H](C)CO)C[C@@H](C)[C@H](CN(C)S(=O)(=O)c1ccc(C)cc1)O2. The monoisotopic (exact) mass is 487 g/mol. The van der Waals surface area contributed by atoms with Crippen molar-refractivity contribution in [1.29, 1.82) is 0 Å². The molecule has 9 heteroatoms. The van der Waals surface area contributed by atoms with Crippen molar-refractivity contribution in [2.75, 3.05) is 26.7 Å². The molecule has 2 heterocycles. The van der Waals surface area contributed by atoms with Crippen LogP contribution in [0.3, 0.4) is 0 Å². The van der Waals surface area contributed by atoms with Crippen LogP contribution in [0.15, 0.2) is 47.5 Å². The molecule has 34 heavy (non-hydrogen) atoms. The van der Waals surface area contributed by atoms with E-state index >= 15 is 0 Å². The van der Waals surface area contributed by atoms with Crippen LogP contribution in [0.1, 0.15) is 42.3 Å². The summed E-state index contributed by atoms with van der Waals surface area (Å²) in [5, 5.41) is 9.76. The minimum absolute atomic E-state index is 0.0741. The van der Waals surface area contributed by atoms with Gasteiger partial charge in [-0.25, -0.2) is 13.4 Å². The van der Waals surface area contributed by atoms with E-state index in [4.69, 9.17) is 4.74 Å². The number of benzene rings is 1. The lowest BCUT2D eigenvalue weighted by atomic mass is 10.00. The minimum Gasteiger partial charge on any atom is -0.472 e. The number of fused-ring (bicyclic) bond motifs is 1. The summed E-state index contributed by atoms with van der Waals surface area (Å²) in [6.07, 6.45) is 4.73. The lowest BCUT2D eigenvalue weighted by Crippen LogP contribution is -2.50. The average molecular weight is 488 g/mol. The van der Waals surface area contributed by atoms with E-state index in [-0.39, 0.29) is 41.3 Å². The predicted molar refractivity (Wildman–Crippen MR) is 131 cm³/mol. The second-order valence-electron chi connectivity index (χ2n) is 8.84. The topological polar surface area (TPSA) is 100 Å². The number of sulfonamides is 1. The third-order valence-corrected chi connectivity index (χ3v) is 7.91. The zero-order chi connectivity index (χ0) is 25.0. The number of aliphatic hydroxyl groups excluding tert-OH is 1. The Morgan fingerprint density at radius 2 is 2.00 bits per heavy atom. The van der Waals surface area contributed by atoms with Crippen molar-refractivity contribution in [3.63, 3.8) is 0 Å². The third-order valence-electron chi connectivity index (χ3n) is 6.07. The van der Waals surface area contributed by atoms with Crippen molar-refractivity contribution >= 4 is 22.0 Å². The second-order valence-corrected chi connectivity index (χ2v) is 10.9. The molecular weight excluding hydrogens is 454 g/mol. The molecule has 0 bridgehead atoms. The molecule has 2 aromatic rings. The fourth-order valence-corrected chi connectivity index (χ4v) is 5.04. The summed E-state index contributed by atoms with van der Waals surface area (Å²) in [6.45, 7) is 7.64. The van der Waals surface area contributed by atoms with Crippen molar-refractivity contribution in [2.24, 2.45) is 5.92 Å². The predicted octanol–water partition coefficient (Wildman–Crippen LogP) is 2.96. The van der Waals surface area contributed by atoms with E-state index in [1.807, 2.05) is 32.9 Å². The summed E-state index contributed by atoms with van der Waals surface area (Å²) in [4.78, 5) is 19.6. The Morgan fingerprint density at radius 3 is 2.62 bits per heavy atom. The highest BCUT2D eigenvalue weighted by Crippen LogP contribution is 2.28. The van der Waals surface area contributed by atoms with Gasteiger partial charge in [-0.15, -0.1) is 0 Å². The summed E-state index contributed by atoms with van der Waals surface area (Å²) < 4.78 is 33.8. The van der Waals surface area contributed by atoms with E-state index in [2.05, 4.69) is 4.98 Å². The summed E-state index contributed by atoms with van der Waals surface area (Å²) >= 11 is 0. The van der Waals surface area contributed by atoms with Gasteiger partial charge in [-0.3, -0.25) is 4.79 Å². The van der Waals surface area contributed by atoms with Gasteiger partial charge in [0.05, 0.1) is 24.1 Å². The molecule has 1 amide bonds. The van der Waals surface area contributed by atoms with Crippen molar-refractivity contribution < 1.29 is 23.1 Å². The Morgan fingerprint density at radius 1 is 1.32 bits per heavy atom. The van der Waals surface area contributed by atoms with Crippen LogP contribution >= 0.6 is 0 Å². The number of aromatic nitrogens is 1. The van der Waals surface area contributed by atoms with Gasteiger partial charge in [0.25, 0.3) is 5.91 Å². The Bertz CT molecular complexity index is 1150. The van der Waals surface area contributed by atoms with Gasteiger partial charge in [0.1, 0.15) is 11.7 Å². The van der Waals surface area contributed by atoms with Crippen LogP contribution in [-0.4, -0.2) is 72.5 Å². The van der Waals surface area contributed by atoms with Crippen LogP contribution in [0.25, 0.3) is 6.08 Å². The summed E-state index contributed by atoms with van der Waals surface area (Å²) in [5.41, 5.74) is 2.01. The first-order chi connectivity index (χ1) is 16.1. The number of aliphatic hydroxyl groups is 1. The van der Waals surface area contributed by atoms with Crippen LogP contribution in [0.5, 0.6) is 5.88 Å². The van der Waals surface area contributed by atoms with Gasteiger partial charge < -0.3 is 14.7 Å². The van der Waals surface area contributed by atoms with Gasteiger partial charge in [-0.1, -0.05) is 36.8 Å². The maximum atomic E-state index is 13.4. The van der Waals surface area contributed by atoms with E-state index in [1.54, 1.807) is 48.4 Å². The zero-order valence-corrected chi connectivity index (χ0v) is 21.1. The summed E-state index contributed by atoms with van der Waals surface area (Å²) in [6, 6.07) is 8.00. The maximum absolute atomic E-state index is 13.4. The fraction of sp³-hybridized carbons (Fsp3) is 0.440. The molecule has 0 saturated carbocycles. The third kappa shape index (κ3) is 5.48. The van der Waals surface area contributed by atoms with E-state index in [0.717, 1.165) is 11.1 Å². The number of likely N-dealkylation sites (N-methyl/N-ethyl adjacent to an activating group) is 1. The molecule has 0 spiro atoms. The van der Waals surface area contributed by atoms with E-state index in [1.165, 1.54) is 11.4 Å². The maximum Gasteiger partial charge on any atom is 0.259 e. The largest absolute Gasteiger partial charge is 0.472 e. The number of rotatable bonds is 7. The highest BCUT2D eigenvalue weighted by Gasteiger charge is 2.35. The number of hydrogen-bond donors (Lipinski definition) is 1. The number of carbonyl (C=O) groups excluding carboxylic acids is 1. The number of nitrogens with zero attached hydrogens (tertiary/aromatic N) is 3. The highest BCUT2D eigenvalue weighted by atomic mass is 32.2. The first-order valence-corrected chi connectivity index (χ1v) is 12.8. The lowest BCUT2D eigenvalue weighted by Gasteiger charge is -2.37. The van der Waals surface area contributed by atoms with Crippen LogP contribution in [-0.2, 0) is 10.0 Å². The smallest absolute Gasteiger partial charge is 0.259 e. The van der Waals surface area contributed by atoms with Crippen LogP contribution in [0, 0.1) is 12.8 Å². The summed E-state index contributed by atoms with van der Waals surface area (Å²) in [5.74, 6) is -0.341. The molecule has 1 aromatic carbocycles. The quantitative estimate of drug-likeness (QED) is 0.645. The highest BCUT2D eigenvalue weighted by molar-refractivity contribution is 7.89. The molecule has 8 nitrogen and oxygen atoms in total. The zero-order valence-electron chi connectivity index (χ0n) is 20.3. The van der Waals surface area contributed by atoms with Crippen LogP contribution in [0.2, 0.25) is 0 Å². The number of ether oxygens (including phenoxy) is 1. The molecule has 1 N–H and O–H groups in total. The first kappa shape index (κ1) is 25.9. The fourth-order valence-electron chi connectivity index (χ4n) is 3.86. The van der Waals surface area contributed by atoms with Gasteiger partial charge in [0, 0.05) is 25.7 Å². The number of aryl methyl sites for hydroxylation is 1. The van der Waals surface area contributed by atoms with Gasteiger partial charge in [-0.2, -0.15) is 4.31 Å². The number of amides is 1. The van der Waals surface area contributed by atoms with Crippen LogP contribution in [0.4, 0.5) is 0 Å². The standard InChI is InChI=1S/C25H33N3O5S/c1-6-7-20-12-22-24(26-13-20)33-23(18(3)14-28(25(22)30)19(4)16-29)15-27(5)34(31,32)21-10-8-17(2)9-11-21/h6-13,18-19,23,29H,14-16H2,1-5H3/b7-6+/t18-,19+,23+/m1/s1. The van der Waals surface area contributed by atoms with Crippen molar-refractivity contribution in [2.45, 2.75) is 44.7 Å². The summed E-state index contributed by atoms with van der Waals surface area (Å²) in [7, 11) is -2.21. The normalized spacial score (nSPS) is 20.1. The molecule has 3 rings (SSSR count). The molecule has 184 valence electrons. The Labute approximate surface area is 201 Å². The van der Waals surface area contributed by atoms with E-state index < -0.39 is 22.2 Å². The van der Waals surface area contributed by atoms with Gasteiger partial charge in [0.2, 0.25) is 15.9 Å². The van der Waals surface area contributed by atoms with Crippen molar-refractivity contribution in [3.8, 4) is 5.88 Å². The number of hydrogen-bond acceptors (Lipinski definition) is 6. The molecule has 0 radical (unpaired) electrons. The molecule has 3 atom stereocenters. The molecule has 1 aliphatic heterocycles. The molecule has 0 unspecified atom stereocenters. The van der Waals surface area contributed by atoms with Crippen LogP contribution < -0.4 is 4.74 Å². The van der Waals surface area contributed by atoms with Gasteiger partial charge >= 0.3 is 0 Å². The van der Waals surface area contributed by atoms with E-state index in [0.29, 0.717) is 6.54 Å². The molecule has 1 aromatic heterocycles. The number of allylic oxidation sites excluding steroid dienone is 1. The molecule has 1 aliphatic rings. The Hall–Kier alpha value is -2.75. The lowest BCUT2D eigenvalue weighted by molar-refractivity contribution is 0.0373. The number of carbonyl (C=O) groups is 1. The van der Waals surface area contributed by atoms with Gasteiger partial charge in [-0.05, 0) is 44.5 Å². The molecular formula is C25H33N3O5S. The second kappa shape index (κ2) is 10.7. The number of pyridine rings is 1. The Balaban J connectivity index is 1.97. The molecule has 0 saturated heterocycles. The minimum atomic E-state index is -3.73. The van der Waals surface area contributed by atoms with Crippen molar-refractivity contribution in [3.05, 3.63) is 59.3 Å². The molecule has 0 fully saturated rings. The van der Waals surface area contributed by atoms with Crippen molar-refractivity contribution in [1.82, 2.24) is 14.2 Å². The first-order valence-electron chi connectivity index (χ1n) is 11.3.